The van der Waals surface area contributed by atoms with Gasteiger partial charge >= 0.3 is 5.97 Å². The molecule has 4 heteroatoms. The molecule has 0 aliphatic heterocycles. The van der Waals surface area contributed by atoms with Crippen molar-refractivity contribution in [2.24, 2.45) is 5.92 Å². The number of hydrogen-bond acceptors (Lipinski definition) is 3. The van der Waals surface area contributed by atoms with Crippen molar-refractivity contribution in [3.8, 4) is 0 Å². The molecule has 0 aromatic heterocycles. The maximum Gasteiger partial charge on any atom is 0.312 e. The normalized spacial score (nSPS) is 13.5. The number of carboxylic acids is 1. The van der Waals surface area contributed by atoms with E-state index >= 15 is 0 Å². The number of unbranched alkanes of at least 4 members (excludes halogenated alkanes) is 11. The van der Waals surface area contributed by atoms with Crippen LogP contribution in [-0.4, -0.2) is 28.0 Å². The van der Waals surface area contributed by atoms with Crippen LogP contribution in [0.25, 0.3) is 0 Å². The van der Waals surface area contributed by atoms with E-state index < -0.39 is 18.0 Å². The zero-order chi connectivity index (χ0) is 19.6. The predicted molar refractivity (Wildman–Crippen MR) is 110 cm³/mol. The minimum absolute atomic E-state index is 0.192. The van der Waals surface area contributed by atoms with Crippen molar-refractivity contribution in [1.82, 2.24) is 0 Å². The second-order valence-corrected chi connectivity index (χ2v) is 7.74. The SMILES string of the molecule is CCCCCCCCCCC[C@@H](O)CC(=N)C(CCCCCC)C(=O)O. The number of nitrogens with one attached hydrogen (secondary N) is 1. The quantitative estimate of drug-likeness (QED) is 0.183. The van der Waals surface area contributed by atoms with Crippen molar-refractivity contribution in [2.45, 2.75) is 123 Å². The van der Waals surface area contributed by atoms with Gasteiger partial charge in [-0.1, -0.05) is 97.3 Å². The largest absolute Gasteiger partial charge is 0.481 e. The van der Waals surface area contributed by atoms with E-state index in [1.165, 1.54) is 44.9 Å². The van der Waals surface area contributed by atoms with Crippen LogP contribution in [0.15, 0.2) is 0 Å². The highest BCUT2D eigenvalue weighted by atomic mass is 16.4. The third kappa shape index (κ3) is 14.3. The predicted octanol–water partition coefficient (Wildman–Crippen LogP) is 6.35. The molecule has 0 aromatic carbocycles. The van der Waals surface area contributed by atoms with Gasteiger partial charge in [-0.3, -0.25) is 4.79 Å². The monoisotopic (exact) mass is 369 g/mol. The summed E-state index contributed by atoms with van der Waals surface area (Å²) in [5, 5.41) is 27.5. The average Bonchev–Trinajstić information content (AvgIpc) is 2.59. The lowest BCUT2D eigenvalue weighted by Crippen LogP contribution is -2.26. The molecular formula is C22H43NO3. The van der Waals surface area contributed by atoms with Gasteiger partial charge in [-0.05, 0) is 12.8 Å². The first-order valence-corrected chi connectivity index (χ1v) is 11.0. The van der Waals surface area contributed by atoms with Crippen LogP contribution in [0.3, 0.4) is 0 Å². The molecule has 0 saturated heterocycles. The van der Waals surface area contributed by atoms with Gasteiger partial charge in [-0.25, -0.2) is 0 Å². The molecule has 0 spiro atoms. The van der Waals surface area contributed by atoms with Crippen LogP contribution in [0, 0.1) is 11.3 Å². The summed E-state index contributed by atoms with van der Waals surface area (Å²) in [4.78, 5) is 11.4. The molecule has 0 aromatic rings. The topological polar surface area (TPSA) is 81.4 Å². The highest BCUT2D eigenvalue weighted by Crippen LogP contribution is 2.18. The fraction of sp³-hybridized carbons (Fsp3) is 0.909. The van der Waals surface area contributed by atoms with Crippen molar-refractivity contribution in [2.75, 3.05) is 0 Å². The zero-order valence-corrected chi connectivity index (χ0v) is 17.3. The van der Waals surface area contributed by atoms with Gasteiger partial charge in [-0.15, -0.1) is 0 Å². The van der Waals surface area contributed by atoms with Gasteiger partial charge in [0.1, 0.15) is 0 Å². The van der Waals surface area contributed by atoms with Crippen LogP contribution in [0.5, 0.6) is 0 Å². The number of aliphatic hydroxyl groups is 1. The summed E-state index contributed by atoms with van der Waals surface area (Å²) < 4.78 is 0. The van der Waals surface area contributed by atoms with Gasteiger partial charge in [0.05, 0.1) is 12.0 Å². The molecule has 0 saturated carbocycles. The Kier molecular flexibility index (Phi) is 16.9. The average molecular weight is 370 g/mol. The summed E-state index contributed by atoms with van der Waals surface area (Å²) in [5.41, 5.74) is 0.192. The molecule has 2 atom stereocenters. The Bertz CT molecular complexity index is 357. The lowest BCUT2D eigenvalue weighted by Gasteiger charge is -2.17. The molecule has 0 radical (unpaired) electrons. The lowest BCUT2D eigenvalue weighted by atomic mass is 9.91. The Morgan fingerprint density at radius 2 is 1.19 bits per heavy atom. The highest BCUT2D eigenvalue weighted by Gasteiger charge is 2.23. The fourth-order valence-electron chi connectivity index (χ4n) is 3.41. The van der Waals surface area contributed by atoms with Crippen molar-refractivity contribution < 1.29 is 15.0 Å². The molecule has 4 nitrogen and oxygen atoms in total. The van der Waals surface area contributed by atoms with Gasteiger partial charge in [0, 0.05) is 12.1 Å². The minimum atomic E-state index is -0.915. The first-order valence-electron chi connectivity index (χ1n) is 11.0. The highest BCUT2D eigenvalue weighted by molar-refractivity contribution is 5.99. The van der Waals surface area contributed by atoms with Gasteiger partial charge in [0.25, 0.3) is 0 Å². The summed E-state index contributed by atoms with van der Waals surface area (Å²) in [5.74, 6) is -1.63. The minimum Gasteiger partial charge on any atom is -0.481 e. The lowest BCUT2D eigenvalue weighted by molar-refractivity contribution is -0.139. The van der Waals surface area contributed by atoms with E-state index in [9.17, 15) is 15.0 Å². The maximum atomic E-state index is 11.4. The number of carbonyl (C=O) groups is 1. The Hall–Kier alpha value is -0.900. The third-order valence-corrected chi connectivity index (χ3v) is 5.16. The van der Waals surface area contributed by atoms with Crippen LogP contribution in [0.2, 0.25) is 0 Å². The molecule has 154 valence electrons. The van der Waals surface area contributed by atoms with E-state index in [4.69, 9.17) is 5.41 Å². The van der Waals surface area contributed by atoms with Crippen molar-refractivity contribution in [3.63, 3.8) is 0 Å². The second kappa shape index (κ2) is 17.5. The van der Waals surface area contributed by atoms with Gasteiger partial charge in [0.15, 0.2) is 0 Å². The van der Waals surface area contributed by atoms with Crippen LogP contribution in [0.1, 0.15) is 117 Å². The van der Waals surface area contributed by atoms with Crippen LogP contribution in [0.4, 0.5) is 0 Å². The van der Waals surface area contributed by atoms with Crippen molar-refractivity contribution >= 4 is 11.7 Å². The Morgan fingerprint density at radius 3 is 1.69 bits per heavy atom. The molecule has 0 heterocycles. The number of carboxylic acid groups (broad SMARTS) is 1. The Morgan fingerprint density at radius 1 is 0.769 bits per heavy atom. The third-order valence-electron chi connectivity index (χ3n) is 5.16. The summed E-state index contributed by atoms with van der Waals surface area (Å²) in [6.07, 6.45) is 16.2. The van der Waals surface area contributed by atoms with Gasteiger partial charge in [-0.2, -0.15) is 0 Å². The second-order valence-electron chi connectivity index (χ2n) is 7.74. The van der Waals surface area contributed by atoms with E-state index in [0.717, 1.165) is 38.5 Å². The van der Waals surface area contributed by atoms with E-state index in [2.05, 4.69) is 13.8 Å². The molecular weight excluding hydrogens is 326 g/mol. The molecule has 0 aliphatic rings. The van der Waals surface area contributed by atoms with Gasteiger partial charge < -0.3 is 15.6 Å². The van der Waals surface area contributed by atoms with Gasteiger partial charge in [0.2, 0.25) is 0 Å². The van der Waals surface area contributed by atoms with E-state index in [-0.39, 0.29) is 12.1 Å². The van der Waals surface area contributed by atoms with Crippen molar-refractivity contribution in [1.29, 1.82) is 5.41 Å². The zero-order valence-electron chi connectivity index (χ0n) is 17.3. The van der Waals surface area contributed by atoms with Crippen LogP contribution in [-0.2, 0) is 4.79 Å². The number of hydrogen-bond donors (Lipinski definition) is 3. The van der Waals surface area contributed by atoms with E-state index in [0.29, 0.717) is 12.8 Å². The first-order chi connectivity index (χ1) is 12.5. The molecule has 3 N–H and O–H groups in total. The van der Waals surface area contributed by atoms with E-state index in [1.807, 2.05) is 0 Å². The first kappa shape index (κ1) is 25.1. The Labute approximate surface area is 161 Å². The maximum absolute atomic E-state index is 11.4. The Balaban J connectivity index is 3.82. The molecule has 1 unspecified atom stereocenters. The number of rotatable bonds is 19. The molecule has 26 heavy (non-hydrogen) atoms. The number of aliphatic hydroxyl groups excluding tert-OH is 1. The molecule has 0 aliphatic carbocycles. The standard InChI is InChI=1S/C22H43NO3/c1-3-5-7-9-10-11-12-13-14-16-19(24)18-21(23)20(22(25)26)17-15-8-6-4-2/h19-20,23-24H,3-18H2,1-2H3,(H,25,26)/t19-,20?/m1/s1. The summed E-state index contributed by atoms with van der Waals surface area (Å²) in [6.45, 7) is 4.36. The molecule has 0 amide bonds. The summed E-state index contributed by atoms with van der Waals surface area (Å²) >= 11 is 0. The smallest absolute Gasteiger partial charge is 0.312 e. The summed E-state index contributed by atoms with van der Waals surface area (Å²) in [7, 11) is 0. The van der Waals surface area contributed by atoms with Crippen LogP contribution >= 0.6 is 0 Å². The molecule has 0 rings (SSSR count). The number of aliphatic carboxylic acids is 1. The summed E-state index contributed by atoms with van der Waals surface area (Å²) in [6, 6.07) is 0. The molecule has 0 fully saturated rings. The van der Waals surface area contributed by atoms with Crippen molar-refractivity contribution in [3.05, 3.63) is 0 Å². The van der Waals surface area contributed by atoms with E-state index in [1.54, 1.807) is 0 Å². The van der Waals surface area contributed by atoms with Crippen LogP contribution < -0.4 is 0 Å². The fourth-order valence-corrected chi connectivity index (χ4v) is 3.41. The molecule has 0 bridgehead atoms.